The number of allylic oxidation sites excluding steroid dienone is 1. The van der Waals surface area contributed by atoms with Gasteiger partial charge in [-0.25, -0.2) is 4.79 Å². The Hall–Kier alpha value is -1.25. The second kappa shape index (κ2) is 2.12. The molecule has 0 spiro atoms. The van der Waals surface area contributed by atoms with E-state index in [1.807, 2.05) is 12.2 Å². The minimum absolute atomic E-state index is 0.0625. The highest BCUT2D eigenvalue weighted by Crippen LogP contribution is 2.35. The SMILES string of the molecule is O=C1O[C@H]2C=CC[C@H]2C1=CO. The lowest BCUT2D eigenvalue weighted by Gasteiger charge is -2.03. The summed E-state index contributed by atoms with van der Waals surface area (Å²) in [5.74, 6) is -0.320. The maximum atomic E-state index is 10.9. The van der Waals surface area contributed by atoms with Crippen LogP contribution in [0.1, 0.15) is 6.42 Å². The molecule has 3 heteroatoms. The lowest BCUT2D eigenvalue weighted by atomic mass is 9.99. The number of aliphatic hydroxyl groups is 1. The van der Waals surface area contributed by atoms with Crippen molar-refractivity contribution in [2.24, 2.45) is 5.92 Å². The summed E-state index contributed by atoms with van der Waals surface area (Å²) in [6.07, 6.45) is 5.36. The van der Waals surface area contributed by atoms with E-state index in [9.17, 15) is 4.79 Å². The van der Waals surface area contributed by atoms with Crippen LogP contribution >= 0.6 is 0 Å². The third-order valence-corrected chi connectivity index (χ3v) is 2.13. The number of carbonyl (C=O) groups excluding carboxylic acids is 1. The third kappa shape index (κ3) is 0.770. The quantitative estimate of drug-likeness (QED) is 0.243. The van der Waals surface area contributed by atoms with Crippen molar-refractivity contribution in [1.82, 2.24) is 0 Å². The summed E-state index contributed by atoms with van der Waals surface area (Å²) < 4.78 is 4.93. The van der Waals surface area contributed by atoms with Crippen molar-refractivity contribution in [3.63, 3.8) is 0 Å². The van der Waals surface area contributed by atoms with Crippen LogP contribution in [0.2, 0.25) is 0 Å². The second-order valence-electron chi connectivity index (χ2n) is 2.72. The fourth-order valence-electron chi connectivity index (χ4n) is 1.54. The molecule has 1 aliphatic heterocycles. The summed E-state index contributed by atoms with van der Waals surface area (Å²) in [4.78, 5) is 10.9. The highest BCUT2D eigenvalue weighted by atomic mass is 16.6. The second-order valence-corrected chi connectivity index (χ2v) is 2.72. The maximum absolute atomic E-state index is 10.9. The number of esters is 1. The fourth-order valence-corrected chi connectivity index (χ4v) is 1.54. The Kier molecular flexibility index (Phi) is 1.24. The van der Waals surface area contributed by atoms with Gasteiger partial charge in [-0.05, 0) is 12.5 Å². The molecule has 1 aliphatic carbocycles. The Labute approximate surface area is 64.0 Å². The van der Waals surface area contributed by atoms with Gasteiger partial charge in [0.15, 0.2) is 0 Å². The molecule has 1 fully saturated rings. The van der Waals surface area contributed by atoms with Crippen molar-refractivity contribution in [2.45, 2.75) is 12.5 Å². The summed E-state index contributed by atoms with van der Waals surface area (Å²) in [6, 6.07) is 0. The molecule has 0 bridgehead atoms. The first-order valence-corrected chi connectivity index (χ1v) is 3.55. The molecule has 0 aromatic heterocycles. The normalized spacial score (nSPS) is 37.8. The minimum Gasteiger partial charge on any atom is -0.515 e. The molecular formula is C8H8O3. The van der Waals surface area contributed by atoms with Gasteiger partial charge in [-0.3, -0.25) is 0 Å². The Morgan fingerprint density at radius 2 is 2.55 bits per heavy atom. The molecule has 0 amide bonds. The summed E-state index contributed by atoms with van der Waals surface area (Å²) in [6.45, 7) is 0. The van der Waals surface area contributed by atoms with Crippen LogP contribution in [0.4, 0.5) is 0 Å². The number of carbonyl (C=O) groups is 1. The van der Waals surface area contributed by atoms with E-state index in [-0.39, 0.29) is 18.0 Å². The smallest absolute Gasteiger partial charge is 0.338 e. The Morgan fingerprint density at radius 1 is 1.73 bits per heavy atom. The zero-order valence-corrected chi connectivity index (χ0v) is 5.86. The molecule has 0 aromatic carbocycles. The molecule has 0 saturated carbocycles. The fraction of sp³-hybridized carbons (Fsp3) is 0.375. The van der Waals surface area contributed by atoms with Crippen LogP contribution < -0.4 is 0 Å². The van der Waals surface area contributed by atoms with Crippen LogP contribution in [0.5, 0.6) is 0 Å². The minimum atomic E-state index is -0.383. The van der Waals surface area contributed by atoms with Crippen molar-refractivity contribution >= 4 is 5.97 Å². The number of rotatable bonds is 0. The first kappa shape index (κ1) is 6.46. The van der Waals surface area contributed by atoms with Crippen molar-refractivity contribution < 1.29 is 14.6 Å². The largest absolute Gasteiger partial charge is 0.515 e. The Balaban J connectivity index is 2.31. The van der Waals surface area contributed by atoms with E-state index < -0.39 is 0 Å². The van der Waals surface area contributed by atoms with Gasteiger partial charge in [-0.15, -0.1) is 0 Å². The summed E-state index contributed by atoms with van der Waals surface area (Å²) >= 11 is 0. The molecule has 1 heterocycles. The molecular weight excluding hydrogens is 144 g/mol. The summed E-state index contributed by atoms with van der Waals surface area (Å²) in [5, 5.41) is 8.69. The number of fused-ring (bicyclic) bond motifs is 1. The highest BCUT2D eigenvalue weighted by molar-refractivity contribution is 5.91. The molecule has 0 aromatic rings. The highest BCUT2D eigenvalue weighted by Gasteiger charge is 2.40. The molecule has 2 rings (SSSR count). The average molecular weight is 152 g/mol. The van der Waals surface area contributed by atoms with Gasteiger partial charge in [0.2, 0.25) is 0 Å². The molecule has 3 nitrogen and oxygen atoms in total. The lowest BCUT2D eigenvalue weighted by molar-refractivity contribution is -0.137. The number of hydrogen-bond donors (Lipinski definition) is 1. The first-order valence-electron chi connectivity index (χ1n) is 3.55. The van der Waals surface area contributed by atoms with Crippen LogP contribution in [-0.4, -0.2) is 17.2 Å². The van der Waals surface area contributed by atoms with E-state index in [0.717, 1.165) is 12.7 Å². The zero-order valence-electron chi connectivity index (χ0n) is 5.86. The molecule has 0 unspecified atom stereocenters. The van der Waals surface area contributed by atoms with Gasteiger partial charge >= 0.3 is 5.97 Å². The van der Waals surface area contributed by atoms with Gasteiger partial charge in [0.25, 0.3) is 0 Å². The molecule has 0 radical (unpaired) electrons. The third-order valence-electron chi connectivity index (χ3n) is 2.13. The predicted octanol–water partition coefficient (Wildman–Crippen LogP) is 0.930. The summed E-state index contributed by atoms with van der Waals surface area (Å²) in [7, 11) is 0. The number of hydrogen-bond acceptors (Lipinski definition) is 3. The Morgan fingerprint density at radius 3 is 3.27 bits per heavy atom. The standard InChI is InChI=1S/C8H8O3/c9-4-6-5-2-1-3-7(5)11-8(6)10/h1,3-5,7,9H,2H2/t5-,7-/m0/s1. The van der Waals surface area contributed by atoms with Gasteiger partial charge in [0.1, 0.15) is 6.10 Å². The molecule has 2 aliphatic rings. The number of aliphatic hydroxyl groups excluding tert-OH is 1. The van der Waals surface area contributed by atoms with Gasteiger partial charge in [0, 0.05) is 5.92 Å². The van der Waals surface area contributed by atoms with Crippen molar-refractivity contribution in [3.05, 3.63) is 24.0 Å². The van der Waals surface area contributed by atoms with Gasteiger partial charge in [0.05, 0.1) is 11.8 Å². The molecule has 58 valence electrons. The van der Waals surface area contributed by atoms with E-state index in [2.05, 4.69) is 0 Å². The van der Waals surface area contributed by atoms with Crippen molar-refractivity contribution in [3.8, 4) is 0 Å². The predicted molar refractivity (Wildman–Crippen MR) is 37.8 cm³/mol. The maximum Gasteiger partial charge on any atom is 0.338 e. The zero-order chi connectivity index (χ0) is 7.84. The number of ether oxygens (including phenoxy) is 1. The Bertz CT molecular complexity index is 252. The van der Waals surface area contributed by atoms with Crippen LogP contribution in [0.15, 0.2) is 24.0 Å². The van der Waals surface area contributed by atoms with E-state index in [1.165, 1.54) is 0 Å². The first-order chi connectivity index (χ1) is 5.33. The molecule has 11 heavy (non-hydrogen) atoms. The van der Waals surface area contributed by atoms with Crippen LogP contribution in [0.25, 0.3) is 0 Å². The monoisotopic (exact) mass is 152 g/mol. The van der Waals surface area contributed by atoms with Gasteiger partial charge in [-0.1, -0.05) is 6.08 Å². The summed E-state index contributed by atoms with van der Waals surface area (Å²) in [5.41, 5.74) is 0.403. The van der Waals surface area contributed by atoms with Crippen molar-refractivity contribution in [2.75, 3.05) is 0 Å². The van der Waals surface area contributed by atoms with Crippen molar-refractivity contribution in [1.29, 1.82) is 0 Å². The van der Waals surface area contributed by atoms with E-state index >= 15 is 0 Å². The lowest BCUT2D eigenvalue weighted by Crippen LogP contribution is -2.07. The van der Waals surface area contributed by atoms with Crippen LogP contribution in [0.3, 0.4) is 0 Å². The topological polar surface area (TPSA) is 46.5 Å². The van der Waals surface area contributed by atoms with Crippen LogP contribution in [-0.2, 0) is 9.53 Å². The average Bonchev–Trinajstić information content (AvgIpc) is 2.46. The van der Waals surface area contributed by atoms with Gasteiger partial charge < -0.3 is 9.84 Å². The van der Waals surface area contributed by atoms with Crippen LogP contribution in [0, 0.1) is 5.92 Å². The van der Waals surface area contributed by atoms with E-state index in [1.54, 1.807) is 0 Å². The van der Waals surface area contributed by atoms with E-state index in [4.69, 9.17) is 9.84 Å². The van der Waals surface area contributed by atoms with Gasteiger partial charge in [-0.2, -0.15) is 0 Å². The van der Waals surface area contributed by atoms with E-state index in [0.29, 0.717) is 5.57 Å². The molecule has 1 saturated heterocycles. The molecule has 1 N–H and O–H groups in total. The molecule has 2 atom stereocenters.